The number of hydrogen-bond acceptors (Lipinski definition) is 5. The average molecular weight is 365 g/mol. The lowest BCUT2D eigenvalue weighted by Crippen LogP contribution is -2.44. The van der Waals surface area contributed by atoms with Crippen LogP contribution in [0, 0.1) is 5.41 Å². The number of ether oxygens (including phenoxy) is 3. The fraction of sp³-hybridized carbons (Fsp3) is 0.579. The Labute approximate surface area is 153 Å². The molecule has 26 heavy (non-hydrogen) atoms. The number of amides is 1. The molecule has 2 rings (SSSR count). The molecule has 1 saturated carbocycles. The van der Waals surface area contributed by atoms with Crippen molar-refractivity contribution in [1.29, 1.82) is 0 Å². The lowest BCUT2D eigenvalue weighted by Gasteiger charge is -2.33. The Kier molecular flexibility index (Phi) is 6.71. The van der Waals surface area contributed by atoms with Gasteiger partial charge in [0.05, 0.1) is 33.2 Å². The van der Waals surface area contributed by atoms with Crippen LogP contribution in [0.1, 0.15) is 37.7 Å². The van der Waals surface area contributed by atoms with Crippen LogP contribution < -0.4 is 19.5 Å². The Balaban J connectivity index is 2.06. The number of methoxy groups -OCH3 is 3. The second kappa shape index (κ2) is 8.78. The van der Waals surface area contributed by atoms with E-state index in [-0.39, 0.29) is 18.9 Å². The number of carboxylic acid groups (broad SMARTS) is 1. The number of rotatable bonds is 8. The molecular formula is C19H27NO6. The molecule has 0 radical (unpaired) electrons. The highest BCUT2D eigenvalue weighted by molar-refractivity contribution is 5.81. The van der Waals surface area contributed by atoms with Gasteiger partial charge in [0.15, 0.2) is 11.5 Å². The van der Waals surface area contributed by atoms with E-state index in [1.54, 1.807) is 12.1 Å². The minimum absolute atomic E-state index is 0.104. The fourth-order valence-electron chi connectivity index (χ4n) is 3.45. The second-order valence-corrected chi connectivity index (χ2v) is 6.63. The molecule has 0 spiro atoms. The third-order valence-corrected chi connectivity index (χ3v) is 4.98. The molecule has 1 aromatic carbocycles. The van der Waals surface area contributed by atoms with E-state index in [2.05, 4.69) is 5.32 Å². The molecule has 1 aliphatic carbocycles. The van der Waals surface area contributed by atoms with Gasteiger partial charge in [-0.05, 0) is 30.5 Å². The number of benzene rings is 1. The van der Waals surface area contributed by atoms with Gasteiger partial charge in [0, 0.05) is 6.54 Å². The lowest BCUT2D eigenvalue weighted by molar-refractivity contribution is -0.151. The van der Waals surface area contributed by atoms with Crippen molar-refractivity contribution >= 4 is 11.9 Å². The third-order valence-electron chi connectivity index (χ3n) is 4.98. The largest absolute Gasteiger partial charge is 0.493 e. The molecule has 0 heterocycles. The maximum atomic E-state index is 12.4. The highest BCUT2D eigenvalue weighted by Crippen LogP contribution is 2.38. The predicted molar refractivity (Wildman–Crippen MR) is 96.0 cm³/mol. The average Bonchev–Trinajstić information content (AvgIpc) is 2.66. The van der Waals surface area contributed by atoms with Gasteiger partial charge in [0.25, 0.3) is 0 Å². The van der Waals surface area contributed by atoms with Crippen molar-refractivity contribution in [3.63, 3.8) is 0 Å². The normalized spacial score (nSPS) is 15.8. The van der Waals surface area contributed by atoms with Crippen molar-refractivity contribution in [3.8, 4) is 17.2 Å². The van der Waals surface area contributed by atoms with E-state index in [9.17, 15) is 14.7 Å². The van der Waals surface area contributed by atoms with E-state index in [1.165, 1.54) is 21.3 Å². The van der Waals surface area contributed by atoms with Crippen molar-refractivity contribution in [3.05, 3.63) is 17.7 Å². The summed E-state index contributed by atoms with van der Waals surface area (Å²) in [5, 5.41) is 12.4. The zero-order chi connectivity index (χ0) is 19.2. The summed E-state index contributed by atoms with van der Waals surface area (Å²) < 4.78 is 15.8. The third kappa shape index (κ3) is 4.39. The van der Waals surface area contributed by atoms with Crippen LogP contribution in [0.3, 0.4) is 0 Å². The summed E-state index contributed by atoms with van der Waals surface area (Å²) in [7, 11) is 4.55. The molecule has 0 aromatic heterocycles. The topological polar surface area (TPSA) is 94.1 Å². The molecule has 2 N–H and O–H groups in total. The van der Waals surface area contributed by atoms with Crippen molar-refractivity contribution in [1.82, 2.24) is 5.32 Å². The molecule has 0 atom stereocenters. The molecule has 144 valence electrons. The van der Waals surface area contributed by atoms with Crippen LogP contribution in [0.2, 0.25) is 0 Å². The number of carbonyl (C=O) groups excluding carboxylic acids is 1. The van der Waals surface area contributed by atoms with E-state index in [1.807, 2.05) is 0 Å². The number of carboxylic acids is 1. The molecule has 1 amide bonds. The van der Waals surface area contributed by atoms with Crippen molar-refractivity contribution in [2.45, 2.75) is 38.5 Å². The Hall–Kier alpha value is -2.44. The van der Waals surface area contributed by atoms with Crippen LogP contribution in [0.15, 0.2) is 12.1 Å². The van der Waals surface area contributed by atoms with E-state index in [0.29, 0.717) is 35.7 Å². The van der Waals surface area contributed by atoms with Crippen molar-refractivity contribution < 1.29 is 28.9 Å². The zero-order valence-corrected chi connectivity index (χ0v) is 15.6. The van der Waals surface area contributed by atoms with Gasteiger partial charge in [-0.3, -0.25) is 9.59 Å². The van der Waals surface area contributed by atoms with Gasteiger partial charge >= 0.3 is 5.97 Å². The van der Waals surface area contributed by atoms with Crippen molar-refractivity contribution in [2.24, 2.45) is 5.41 Å². The van der Waals surface area contributed by atoms with E-state index in [0.717, 1.165) is 19.3 Å². The summed E-state index contributed by atoms with van der Waals surface area (Å²) in [6.45, 7) is 0.158. The quantitative estimate of drug-likeness (QED) is 0.735. The van der Waals surface area contributed by atoms with E-state index >= 15 is 0 Å². The van der Waals surface area contributed by atoms with Gasteiger partial charge in [-0.2, -0.15) is 0 Å². The van der Waals surface area contributed by atoms with Gasteiger partial charge in [-0.1, -0.05) is 19.3 Å². The minimum atomic E-state index is -0.844. The maximum Gasteiger partial charge on any atom is 0.311 e. The van der Waals surface area contributed by atoms with Crippen LogP contribution in [0.5, 0.6) is 17.2 Å². The van der Waals surface area contributed by atoms with Crippen LogP contribution in [-0.2, 0) is 16.0 Å². The molecule has 0 aliphatic heterocycles. The number of aliphatic carboxylic acids is 1. The number of carbonyl (C=O) groups is 2. The highest BCUT2D eigenvalue weighted by atomic mass is 16.5. The van der Waals surface area contributed by atoms with E-state index in [4.69, 9.17) is 14.2 Å². The Morgan fingerprint density at radius 3 is 2.08 bits per heavy atom. The Bertz CT molecular complexity index is 626. The van der Waals surface area contributed by atoms with Crippen LogP contribution >= 0.6 is 0 Å². The van der Waals surface area contributed by atoms with Gasteiger partial charge in [0.1, 0.15) is 0 Å². The van der Waals surface area contributed by atoms with Gasteiger partial charge in [-0.25, -0.2) is 0 Å². The highest BCUT2D eigenvalue weighted by Gasteiger charge is 2.39. The maximum absolute atomic E-state index is 12.4. The Morgan fingerprint density at radius 1 is 1.04 bits per heavy atom. The van der Waals surface area contributed by atoms with Gasteiger partial charge in [0.2, 0.25) is 11.7 Å². The van der Waals surface area contributed by atoms with Crippen LogP contribution in [0.4, 0.5) is 0 Å². The number of nitrogens with one attached hydrogen (secondary N) is 1. The molecule has 1 aromatic rings. The first-order valence-corrected chi connectivity index (χ1v) is 8.74. The molecule has 1 fully saturated rings. The molecule has 0 saturated heterocycles. The first-order chi connectivity index (χ1) is 12.5. The molecule has 7 nitrogen and oxygen atoms in total. The first-order valence-electron chi connectivity index (χ1n) is 8.74. The van der Waals surface area contributed by atoms with Gasteiger partial charge in [-0.15, -0.1) is 0 Å². The lowest BCUT2D eigenvalue weighted by atomic mass is 9.74. The summed E-state index contributed by atoms with van der Waals surface area (Å²) in [6, 6.07) is 3.43. The van der Waals surface area contributed by atoms with Gasteiger partial charge < -0.3 is 24.6 Å². The monoisotopic (exact) mass is 365 g/mol. The van der Waals surface area contributed by atoms with Crippen LogP contribution in [0.25, 0.3) is 0 Å². The predicted octanol–water partition coefficient (Wildman–Crippen LogP) is 2.41. The SMILES string of the molecule is COc1cc(CC(=O)NCC2(C(=O)O)CCCCC2)cc(OC)c1OC. The first kappa shape index (κ1) is 19.9. The zero-order valence-electron chi connectivity index (χ0n) is 15.6. The second-order valence-electron chi connectivity index (χ2n) is 6.63. The van der Waals surface area contributed by atoms with E-state index < -0.39 is 11.4 Å². The molecular weight excluding hydrogens is 338 g/mol. The molecule has 0 bridgehead atoms. The minimum Gasteiger partial charge on any atom is -0.493 e. The molecule has 0 unspecified atom stereocenters. The number of hydrogen-bond donors (Lipinski definition) is 2. The summed E-state index contributed by atoms with van der Waals surface area (Å²) in [5.74, 6) is 0.356. The van der Waals surface area contributed by atoms with Crippen molar-refractivity contribution in [2.75, 3.05) is 27.9 Å². The summed E-state index contributed by atoms with van der Waals surface area (Å²) >= 11 is 0. The molecule has 1 aliphatic rings. The Morgan fingerprint density at radius 2 is 1.62 bits per heavy atom. The standard InChI is InChI=1S/C19H27NO6/c1-24-14-9-13(10-15(25-2)17(14)26-3)11-16(21)20-12-19(18(22)23)7-5-4-6-8-19/h9-10H,4-8,11-12H2,1-3H3,(H,20,21)(H,22,23). The van der Waals surface area contributed by atoms with Crippen LogP contribution in [-0.4, -0.2) is 44.9 Å². The smallest absolute Gasteiger partial charge is 0.311 e. The fourth-order valence-corrected chi connectivity index (χ4v) is 3.45. The summed E-state index contributed by atoms with van der Waals surface area (Å²) in [6.07, 6.45) is 4.13. The summed E-state index contributed by atoms with van der Waals surface area (Å²) in [4.78, 5) is 24.0. The summed E-state index contributed by atoms with van der Waals surface area (Å²) in [5.41, 5.74) is -0.145. The molecule has 7 heteroatoms.